The zero-order chi connectivity index (χ0) is 13.7. The van der Waals surface area contributed by atoms with Crippen LogP contribution in [-0.2, 0) is 6.54 Å². The third-order valence-corrected chi connectivity index (χ3v) is 4.38. The summed E-state index contributed by atoms with van der Waals surface area (Å²) < 4.78 is 13.1. The summed E-state index contributed by atoms with van der Waals surface area (Å²) in [6.07, 6.45) is 2.37. The van der Waals surface area contributed by atoms with Gasteiger partial charge in [-0.15, -0.1) is 0 Å². The molecule has 104 valence electrons. The summed E-state index contributed by atoms with van der Waals surface area (Å²) in [6, 6.07) is 3.59. The fraction of sp³-hybridized carbons (Fsp3) is 0.538. The molecular formula is C13H17FN2O2S. The van der Waals surface area contributed by atoms with E-state index in [-0.39, 0.29) is 5.69 Å². The van der Waals surface area contributed by atoms with Crippen LogP contribution < -0.4 is 5.32 Å². The molecule has 0 aromatic heterocycles. The van der Waals surface area contributed by atoms with E-state index in [1.54, 1.807) is 0 Å². The highest BCUT2D eigenvalue weighted by molar-refractivity contribution is 7.99. The van der Waals surface area contributed by atoms with Crippen molar-refractivity contribution in [3.05, 3.63) is 39.7 Å². The van der Waals surface area contributed by atoms with Gasteiger partial charge in [0, 0.05) is 18.2 Å². The summed E-state index contributed by atoms with van der Waals surface area (Å²) in [7, 11) is 0. The summed E-state index contributed by atoms with van der Waals surface area (Å²) in [6.45, 7) is 1.19. The van der Waals surface area contributed by atoms with Crippen molar-refractivity contribution in [2.75, 3.05) is 18.1 Å². The number of benzene rings is 1. The largest absolute Gasteiger partial charge is 0.312 e. The summed E-state index contributed by atoms with van der Waals surface area (Å²) >= 11 is 1.97. The zero-order valence-electron chi connectivity index (χ0n) is 10.6. The second-order valence-corrected chi connectivity index (χ2v) is 5.94. The Morgan fingerprint density at radius 1 is 1.42 bits per heavy atom. The van der Waals surface area contributed by atoms with Crippen molar-refractivity contribution in [1.29, 1.82) is 0 Å². The van der Waals surface area contributed by atoms with Crippen LogP contribution in [-0.4, -0.2) is 23.0 Å². The van der Waals surface area contributed by atoms with Crippen molar-refractivity contribution in [3.63, 3.8) is 0 Å². The standard InChI is InChI=1S/C13H17FN2O2S/c14-12-1-2-13(16(17)18)11(7-12)9-15-8-10-3-5-19-6-4-10/h1-2,7,10,15H,3-6,8-9H2. The first kappa shape index (κ1) is 14.3. The number of hydrogen-bond acceptors (Lipinski definition) is 4. The van der Waals surface area contributed by atoms with Gasteiger partial charge in [0.15, 0.2) is 0 Å². The van der Waals surface area contributed by atoms with Gasteiger partial charge in [0.1, 0.15) is 5.82 Å². The molecule has 0 saturated carbocycles. The van der Waals surface area contributed by atoms with Crippen molar-refractivity contribution in [2.45, 2.75) is 19.4 Å². The Balaban J connectivity index is 1.91. The molecule has 1 aliphatic heterocycles. The van der Waals surface area contributed by atoms with Gasteiger partial charge in [-0.2, -0.15) is 11.8 Å². The minimum atomic E-state index is -0.465. The fourth-order valence-corrected chi connectivity index (χ4v) is 3.44. The van der Waals surface area contributed by atoms with Crippen molar-refractivity contribution in [2.24, 2.45) is 5.92 Å². The lowest BCUT2D eigenvalue weighted by molar-refractivity contribution is -0.385. The minimum absolute atomic E-state index is 0.0203. The van der Waals surface area contributed by atoms with Crippen LogP contribution in [0.5, 0.6) is 0 Å². The molecule has 0 atom stereocenters. The van der Waals surface area contributed by atoms with Gasteiger partial charge in [-0.3, -0.25) is 10.1 Å². The SMILES string of the molecule is O=[N+]([O-])c1ccc(F)cc1CNCC1CCSCC1. The van der Waals surface area contributed by atoms with Gasteiger partial charge >= 0.3 is 0 Å². The topological polar surface area (TPSA) is 55.2 Å². The Morgan fingerprint density at radius 3 is 2.84 bits per heavy atom. The van der Waals surface area contributed by atoms with E-state index >= 15 is 0 Å². The van der Waals surface area contributed by atoms with E-state index in [1.807, 2.05) is 11.8 Å². The normalized spacial score (nSPS) is 16.5. The average molecular weight is 284 g/mol. The van der Waals surface area contributed by atoms with E-state index in [9.17, 15) is 14.5 Å². The predicted molar refractivity (Wildman–Crippen MR) is 74.8 cm³/mol. The molecule has 1 aromatic carbocycles. The van der Waals surface area contributed by atoms with Gasteiger partial charge in [-0.1, -0.05) is 0 Å². The quantitative estimate of drug-likeness (QED) is 0.667. The van der Waals surface area contributed by atoms with E-state index in [0.29, 0.717) is 18.0 Å². The molecule has 4 nitrogen and oxygen atoms in total. The van der Waals surface area contributed by atoms with Gasteiger partial charge in [0.05, 0.1) is 4.92 Å². The van der Waals surface area contributed by atoms with Gasteiger partial charge in [-0.05, 0) is 48.9 Å². The number of nitrogens with one attached hydrogen (secondary N) is 1. The lowest BCUT2D eigenvalue weighted by atomic mass is 10.0. The number of thioether (sulfide) groups is 1. The number of nitro benzene ring substituents is 1. The van der Waals surface area contributed by atoms with Crippen LogP contribution in [0.25, 0.3) is 0 Å². The highest BCUT2D eigenvalue weighted by Crippen LogP contribution is 2.23. The summed E-state index contributed by atoms with van der Waals surface area (Å²) in [5.74, 6) is 2.57. The van der Waals surface area contributed by atoms with Crippen molar-refractivity contribution in [1.82, 2.24) is 5.32 Å². The Bertz CT molecular complexity index is 450. The third kappa shape index (κ3) is 4.18. The van der Waals surface area contributed by atoms with Crippen LogP contribution in [0.1, 0.15) is 18.4 Å². The number of halogens is 1. The Morgan fingerprint density at radius 2 is 2.16 bits per heavy atom. The van der Waals surface area contributed by atoms with Gasteiger partial charge in [-0.25, -0.2) is 4.39 Å². The molecule has 19 heavy (non-hydrogen) atoms. The van der Waals surface area contributed by atoms with E-state index in [0.717, 1.165) is 12.6 Å². The molecule has 1 aromatic rings. The number of hydrogen-bond donors (Lipinski definition) is 1. The summed E-state index contributed by atoms with van der Waals surface area (Å²) in [4.78, 5) is 10.4. The number of nitrogens with zero attached hydrogens (tertiary/aromatic N) is 1. The van der Waals surface area contributed by atoms with Gasteiger partial charge in [0.2, 0.25) is 0 Å². The second kappa shape index (κ2) is 6.86. The molecule has 0 bridgehead atoms. The molecule has 1 fully saturated rings. The summed E-state index contributed by atoms with van der Waals surface area (Å²) in [5.41, 5.74) is 0.392. The molecule has 1 N–H and O–H groups in total. The highest BCUT2D eigenvalue weighted by Gasteiger charge is 2.16. The molecule has 2 rings (SSSR count). The van der Waals surface area contributed by atoms with E-state index in [4.69, 9.17) is 0 Å². The first-order valence-corrected chi connectivity index (χ1v) is 7.53. The van der Waals surface area contributed by atoms with Crippen molar-refractivity contribution < 1.29 is 9.31 Å². The second-order valence-electron chi connectivity index (χ2n) is 4.72. The van der Waals surface area contributed by atoms with Crippen LogP contribution in [0.2, 0.25) is 0 Å². The molecule has 1 heterocycles. The van der Waals surface area contributed by atoms with E-state index in [2.05, 4.69) is 5.32 Å². The van der Waals surface area contributed by atoms with E-state index < -0.39 is 10.7 Å². The zero-order valence-corrected chi connectivity index (χ0v) is 11.4. The van der Waals surface area contributed by atoms with Gasteiger partial charge in [0.25, 0.3) is 5.69 Å². The molecule has 6 heteroatoms. The predicted octanol–water partition coefficient (Wildman–Crippen LogP) is 2.97. The van der Waals surface area contributed by atoms with Crippen LogP contribution >= 0.6 is 11.8 Å². The third-order valence-electron chi connectivity index (χ3n) is 3.33. The molecule has 0 spiro atoms. The lowest BCUT2D eigenvalue weighted by Crippen LogP contribution is -2.25. The Hall–Kier alpha value is -1.14. The maximum Gasteiger partial charge on any atom is 0.274 e. The number of rotatable bonds is 5. The summed E-state index contributed by atoms with van der Waals surface area (Å²) in [5, 5.41) is 14.1. The molecule has 0 amide bonds. The molecule has 1 aliphatic rings. The first-order valence-electron chi connectivity index (χ1n) is 6.38. The maximum absolute atomic E-state index is 13.1. The minimum Gasteiger partial charge on any atom is -0.312 e. The highest BCUT2D eigenvalue weighted by atomic mass is 32.2. The monoisotopic (exact) mass is 284 g/mol. The van der Waals surface area contributed by atoms with E-state index in [1.165, 1.54) is 36.5 Å². The molecule has 0 unspecified atom stereocenters. The van der Waals surface area contributed by atoms with Crippen molar-refractivity contribution in [3.8, 4) is 0 Å². The van der Waals surface area contributed by atoms with Crippen LogP contribution in [0.4, 0.5) is 10.1 Å². The van der Waals surface area contributed by atoms with Crippen LogP contribution in [0.15, 0.2) is 18.2 Å². The molecule has 0 radical (unpaired) electrons. The average Bonchev–Trinajstić information content (AvgIpc) is 2.39. The molecule has 1 saturated heterocycles. The molecule has 0 aliphatic carbocycles. The lowest BCUT2D eigenvalue weighted by Gasteiger charge is -2.21. The Labute approximate surface area is 115 Å². The maximum atomic E-state index is 13.1. The first-order chi connectivity index (χ1) is 9.16. The molecular weight excluding hydrogens is 267 g/mol. The van der Waals surface area contributed by atoms with Crippen LogP contribution in [0, 0.1) is 21.8 Å². The van der Waals surface area contributed by atoms with Gasteiger partial charge < -0.3 is 5.32 Å². The van der Waals surface area contributed by atoms with Crippen molar-refractivity contribution >= 4 is 17.4 Å². The fourth-order valence-electron chi connectivity index (χ4n) is 2.24. The Kier molecular flexibility index (Phi) is 5.15. The number of nitro groups is 1. The smallest absolute Gasteiger partial charge is 0.274 e. The van der Waals surface area contributed by atoms with Crippen LogP contribution in [0.3, 0.4) is 0 Å².